The molecule has 0 atom stereocenters. The maximum atomic E-state index is 12.7. The van der Waals surface area contributed by atoms with Crippen molar-refractivity contribution in [1.82, 2.24) is 20.0 Å². The molecule has 1 fully saturated rings. The first-order valence-electron chi connectivity index (χ1n) is 9.60. The van der Waals surface area contributed by atoms with E-state index in [4.69, 9.17) is 4.74 Å². The van der Waals surface area contributed by atoms with Gasteiger partial charge in [0.15, 0.2) is 0 Å². The minimum atomic E-state index is -0.106. The van der Waals surface area contributed by atoms with Crippen molar-refractivity contribution in [3.63, 3.8) is 0 Å². The first-order chi connectivity index (χ1) is 13.4. The number of hydrogen-bond acceptors (Lipinski definition) is 4. The van der Waals surface area contributed by atoms with Gasteiger partial charge in [-0.1, -0.05) is 6.07 Å². The fraction of sp³-hybridized carbons (Fsp3) is 0.476. The van der Waals surface area contributed by atoms with E-state index >= 15 is 0 Å². The summed E-state index contributed by atoms with van der Waals surface area (Å²) in [5.74, 6) is 0.677. The van der Waals surface area contributed by atoms with Gasteiger partial charge in [0.2, 0.25) is 5.91 Å². The van der Waals surface area contributed by atoms with Gasteiger partial charge in [0.1, 0.15) is 5.75 Å². The Morgan fingerprint density at radius 1 is 1.25 bits per heavy atom. The molecule has 1 aliphatic rings. The normalized spacial score (nSPS) is 14.8. The third-order valence-corrected chi connectivity index (χ3v) is 5.50. The number of piperidine rings is 1. The zero-order valence-corrected chi connectivity index (χ0v) is 17.0. The lowest BCUT2D eigenvalue weighted by molar-refractivity contribution is -0.131. The SMILES string of the molecule is COc1cccc(C(=O)NC2CCN(C(=O)Cc3c(C)nn(C)c3C)CC2)c1. The van der Waals surface area contributed by atoms with E-state index in [0.717, 1.165) is 29.8 Å². The van der Waals surface area contributed by atoms with E-state index in [9.17, 15) is 9.59 Å². The zero-order valence-electron chi connectivity index (χ0n) is 17.0. The monoisotopic (exact) mass is 384 g/mol. The van der Waals surface area contributed by atoms with Crippen LogP contribution in [0, 0.1) is 13.8 Å². The van der Waals surface area contributed by atoms with Crippen molar-refractivity contribution < 1.29 is 14.3 Å². The third kappa shape index (κ3) is 4.35. The number of benzene rings is 1. The number of aromatic nitrogens is 2. The predicted octanol–water partition coefficient (Wildman–Crippen LogP) is 2.01. The molecule has 1 aromatic heterocycles. The van der Waals surface area contributed by atoms with Crippen molar-refractivity contribution in [1.29, 1.82) is 0 Å². The van der Waals surface area contributed by atoms with Crippen molar-refractivity contribution in [2.75, 3.05) is 20.2 Å². The number of amides is 2. The summed E-state index contributed by atoms with van der Waals surface area (Å²) in [5.41, 5.74) is 3.54. The Kier molecular flexibility index (Phi) is 6.02. The number of aryl methyl sites for hydroxylation is 2. The summed E-state index contributed by atoms with van der Waals surface area (Å²) in [6.45, 7) is 5.24. The number of methoxy groups -OCH3 is 1. The Bertz CT molecular complexity index is 867. The lowest BCUT2D eigenvalue weighted by Crippen LogP contribution is -2.47. The highest BCUT2D eigenvalue weighted by atomic mass is 16.5. The van der Waals surface area contributed by atoms with Gasteiger partial charge in [-0.2, -0.15) is 5.10 Å². The molecule has 7 heteroatoms. The van der Waals surface area contributed by atoms with Crippen molar-refractivity contribution >= 4 is 11.8 Å². The van der Waals surface area contributed by atoms with Crippen LogP contribution in [0.5, 0.6) is 5.75 Å². The highest BCUT2D eigenvalue weighted by Crippen LogP contribution is 2.18. The molecule has 0 spiro atoms. The number of carbonyl (C=O) groups is 2. The van der Waals surface area contributed by atoms with Crippen molar-refractivity contribution in [2.24, 2.45) is 7.05 Å². The van der Waals surface area contributed by atoms with Crippen LogP contribution < -0.4 is 10.1 Å². The van der Waals surface area contributed by atoms with Crippen LogP contribution in [0.15, 0.2) is 24.3 Å². The minimum absolute atomic E-state index is 0.0737. The second-order valence-electron chi connectivity index (χ2n) is 7.31. The first kappa shape index (κ1) is 19.9. The highest BCUT2D eigenvalue weighted by molar-refractivity contribution is 5.94. The van der Waals surface area contributed by atoms with E-state index < -0.39 is 0 Å². The molecule has 0 radical (unpaired) electrons. The molecule has 0 saturated carbocycles. The van der Waals surface area contributed by atoms with E-state index in [1.54, 1.807) is 25.3 Å². The Morgan fingerprint density at radius 3 is 2.57 bits per heavy atom. The van der Waals surface area contributed by atoms with Gasteiger partial charge in [-0.15, -0.1) is 0 Å². The number of likely N-dealkylation sites (tertiary alicyclic amines) is 1. The molecule has 2 heterocycles. The summed E-state index contributed by atoms with van der Waals surface area (Å²) in [5, 5.41) is 7.46. The summed E-state index contributed by atoms with van der Waals surface area (Å²) in [6, 6.07) is 7.19. The molecule has 150 valence electrons. The minimum Gasteiger partial charge on any atom is -0.497 e. The Labute approximate surface area is 165 Å². The molecule has 7 nitrogen and oxygen atoms in total. The van der Waals surface area contributed by atoms with Gasteiger partial charge in [-0.3, -0.25) is 14.3 Å². The predicted molar refractivity (Wildman–Crippen MR) is 106 cm³/mol. The second kappa shape index (κ2) is 8.46. The van der Waals surface area contributed by atoms with Crippen LogP contribution in [0.4, 0.5) is 0 Å². The number of nitrogens with zero attached hydrogens (tertiary/aromatic N) is 3. The first-order valence-corrected chi connectivity index (χ1v) is 9.60. The Morgan fingerprint density at radius 2 is 1.96 bits per heavy atom. The summed E-state index contributed by atoms with van der Waals surface area (Å²) in [7, 11) is 3.48. The summed E-state index contributed by atoms with van der Waals surface area (Å²) in [4.78, 5) is 27.0. The molecule has 1 aromatic carbocycles. The Balaban J connectivity index is 1.52. The van der Waals surface area contributed by atoms with Gasteiger partial charge in [0, 0.05) is 43.0 Å². The number of nitrogens with one attached hydrogen (secondary N) is 1. The van der Waals surface area contributed by atoms with Crippen LogP contribution in [0.25, 0.3) is 0 Å². The molecule has 3 rings (SSSR count). The summed E-state index contributed by atoms with van der Waals surface area (Å²) >= 11 is 0. The highest BCUT2D eigenvalue weighted by Gasteiger charge is 2.25. The fourth-order valence-electron chi connectivity index (χ4n) is 3.64. The standard InChI is InChI=1S/C21H28N4O3/c1-14-19(15(2)24(3)23-14)13-20(26)25-10-8-17(9-11-25)22-21(27)16-6-5-7-18(12-16)28-4/h5-7,12,17H,8-11,13H2,1-4H3,(H,22,27). The van der Waals surface area contributed by atoms with Gasteiger partial charge in [0.05, 0.1) is 19.2 Å². The van der Waals surface area contributed by atoms with Crippen molar-refractivity contribution in [3.8, 4) is 5.75 Å². The molecule has 0 bridgehead atoms. The van der Waals surface area contributed by atoms with Gasteiger partial charge in [-0.25, -0.2) is 0 Å². The zero-order chi connectivity index (χ0) is 20.3. The van der Waals surface area contributed by atoms with Gasteiger partial charge in [0.25, 0.3) is 5.91 Å². The van der Waals surface area contributed by atoms with Gasteiger partial charge in [-0.05, 0) is 44.9 Å². The molecule has 1 saturated heterocycles. The third-order valence-electron chi connectivity index (χ3n) is 5.50. The number of ether oxygens (including phenoxy) is 1. The summed E-state index contributed by atoms with van der Waals surface area (Å²) in [6.07, 6.45) is 1.89. The molecule has 2 amide bonds. The smallest absolute Gasteiger partial charge is 0.251 e. The van der Waals surface area contributed by atoms with Crippen LogP contribution in [-0.4, -0.2) is 52.7 Å². The second-order valence-corrected chi connectivity index (χ2v) is 7.31. The van der Waals surface area contributed by atoms with Gasteiger partial charge >= 0.3 is 0 Å². The largest absolute Gasteiger partial charge is 0.497 e. The number of rotatable bonds is 5. The van der Waals surface area contributed by atoms with E-state index in [1.165, 1.54) is 0 Å². The maximum absolute atomic E-state index is 12.7. The topological polar surface area (TPSA) is 76.5 Å². The van der Waals surface area contributed by atoms with E-state index in [1.807, 2.05) is 36.5 Å². The molecule has 1 N–H and O–H groups in total. The number of carbonyl (C=O) groups excluding carboxylic acids is 2. The lowest BCUT2D eigenvalue weighted by Gasteiger charge is -2.32. The number of hydrogen-bond donors (Lipinski definition) is 1. The molecular weight excluding hydrogens is 356 g/mol. The average Bonchev–Trinajstić information content (AvgIpc) is 2.94. The van der Waals surface area contributed by atoms with Crippen molar-refractivity contribution in [3.05, 3.63) is 46.8 Å². The molecule has 0 unspecified atom stereocenters. The van der Waals surface area contributed by atoms with Gasteiger partial charge < -0.3 is 15.0 Å². The Hall–Kier alpha value is -2.83. The van der Waals surface area contributed by atoms with Crippen LogP contribution >= 0.6 is 0 Å². The van der Waals surface area contributed by atoms with Crippen LogP contribution in [0.3, 0.4) is 0 Å². The maximum Gasteiger partial charge on any atom is 0.251 e. The molecule has 28 heavy (non-hydrogen) atoms. The molecule has 0 aliphatic carbocycles. The molecule has 1 aliphatic heterocycles. The van der Waals surface area contributed by atoms with E-state index in [2.05, 4.69) is 10.4 Å². The molecular formula is C21H28N4O3. The van der Waals surface area contributed by atoms with Crippen LogP contribution in [0.2, 0.25) is 0 Å². The lowest BCUT2D eigenvalue weighted by atomic mass is 10.0. The van der Waals surface area contributed by atoms with Crippen molar-refractivity contribution in [2.45, 2.75) is 39.2 Å². The summed E-state index contributed by atoms with van der Waals surface area (Å²) < 4.78 is 6.99. The van der Waals surface area contributed by atoms with E-state index in [-0.39, 0.29) is 17.9 Å². The fourth-order valence-corrected chi connectivity index (χ4v) is 3.64. The van der Waals surface area contributed by atoms with Crippen LogP contribution in [0.1, 0.15) is 40.2 Å². The van der Waals surface area contributed by atoms with Crippen LogP contribution in [-0.2, 0) is 18.3 Å². The average molecular weight is 384 g/mol. The van der Waals surface area contributed by atoms with E-state index in [0.29, 0.717) is 30.8 Å². The quantitative estimate of drug-likeness (QED) is 0.856. The molecule has 2 aromatic rings.